The fraction of sp³-hybridized carbons (Fsp3) is 0.324. The van der Waals surface area contributed by atoms with Gasteiger partial charge in [-0.25, -0.2) is 9.67 Å². The van der Waals surface area contributed by atoms with Crippen LogP contribution in [0.25, 0.3) is 10.9 Å². The zero-order chi connectivity index (χ0) is 31.6. The Labute approximate surface area is 268 Å². The van der Waals surface area contributed by atoms with Crippen LogP contribution in [0.2, 0.25) is 5.02 Å². The number of rotatable bonds is 8. The molecule has 1 saturated heterocycles. The largest absolute Gasteiger partial charge is 0.480 e. The fourth-order valence-corrected chi connectivity index (χ4v) is 6.16. The number of fused-ring (bicyclic) bond motifs is 1. The van der Waals surface area contributed by atoms with E-state index in [4.69, 9.17) is 16.3 Å². The average molecular weight is 622 g/mol. The highest BCUT2D eigenvalue weighted by molar-refractivity contribution is 6.36. The van der Waals surface area contributed by atoms with E-state index in [0.717, 1.165) is 42.9 Å². The lowest BCUT2D eigenvalue weighted by molar-refractivity contribution is 0.0866. The number of anilines is 3. The van der Waals surface area contributed by atoms with E-state index in [-0.39, 0.29) is 11.6 Å². The number of likely N-dealkylation sites (tertiary alicyclic amines) is 1. The summed E-state index contributed by atoms with van der Waals surface area (Å²) in [4.78, 5) is 11.3. The van der Waals surface area contributed by atoms with Gasteiger partial charge >= 0.3 is 0 Å². The van der Waals surface area contributed by atoms with Crippen molar-refractivity contribution in [2.24, 2.45) is 0 Å². The van der Waals surface area contributed by atoms with Gasteiger partial charge in [-0.1, -0.05) is 47.1 Å². The number of hydrogen-bond donors (Lipinski definition) is 2. The molecule has 10 nitrogen and oxygen atoms in total. The number of pyridine rings is 2. The van der Waals surface area contributed by atoms with Crippen molar-refractivity contribution in [3.63, 3.8) is 0 Å². The van der Waals surface area contributed by atoms with Crippen molar-refractivity contribution in [2.75, 3.05) is 30.8 Å². The third kappa shape index (κ3) is 6.41. The summed E-state index contributed by atoms with van der Waals surface area (Å²) in [5.74, 6) is 0.406. The van der Waals surface area contributed by atoms with Gasteiger partial charge in [0.2, 0.25) is 5.88 Å². The summed E-state index contributed by atoms with van der Waals surface area (Å²) in [6.07, 6.45) is 7.27. The summed E-state index contributed by atoms with van der Waals surface area (Å²) in [5.41, 5.74) is 4.84. The van der Waals surface area contributed by atoms with Gasteiger partial charge in [-0.05, 0) is 63.4 Å². The number of nitrogens with zero attached hydrogens (tertiary/aromatic N) is 7. The molecule has 230 valence electrons. The van der Waals surface area contributed by atoms with Crippen molar-refractivity contribution in [3.8, 4) is 11.9 Å². The second kappa shape index (κ2) is 12.7. The molecule has 0 amide bonds. The molecule has 0 bridgehead atoms. The lowest BCUT2D eigenvalue weighted by Crippen LogP contribution is -2.46. The Morgan fingerprint density at radius 3 is 2.56 bits per heavy atom. The number of methoxy groups -OCH3 is 1. The van der Waals surface area contributed by atoms with Crippen molar-refractivity contribution in [1.82, 2.24) is 29.9 Å². The van der Waals surface area contributed by atoms with Crippen LogP contribution in [0.5, 0.6) is 5.88 Å². The van der Waals surface area contributed by atoms with Crippen LogP contribution in [0.15, 0.2) is 73.2 Å². The van der Waals surface area contributed by atoms with Gasteiger partial charge in [0, 0.05) is 42.1 Å². The first-order valence-corrected chi connectivity index (χ1v) is 15.4. The SMILES string of the molecule is COc1ncccc1Nc1c(C#N)cnc2c(Cl)cc(NC(c3ccccc3)c3cn(C4CCN(C(C)(C)C)CC4)nn3)cc12. The predicted molar refractivity (Wildman–Crippen MR) is 177 cm³/mol. The van der Waals surface area contributed by atoms with Gasteiger partial charge in [0.05, 0.1) is 47.2 Å². The minimum atomic E-state index is -0.301. The van der Waals surface area contributed by atoms with Gasteiger partial charge < -0.3 is 15.4 Å². The normalized spacial score (nSPS) is 15.0. The van der Waals surface area contributed by atoms with Crippen LogP contribution < -0.4 is 15.4 Å². The average Bonchev–Trinajstić information content (AvgIpc) is 3.54. The number of ether oxygens (including phenoxy) is 1. The smallest absolute Gasteiger partial charge is 0.237 e. The van der Waals surface area contributed by atoms with Crippen molar-refractivity contribution in [2.45, 2.75) is 51.2 Å². The summed E-state index contributed by atoms with van der Waals surface area (Å²) in [7, 11) is 1.55. The van der Waals surface area contributed by atoms with E-state index in [0.29, 0.717) is 44.8 Å². The Kier molecular flexibility index (Phi) is 8.57. The third-order valence-electron chi connectivity index (χ3n) is 8.32. The number of halogens is 1. The number of piperidine rings is 1. The van der Waals surface area contributed by atoms with E-state index in [1.807, 2.05) is 41.1 Å². The second-order valence-corrected chi connectivity index (χ2v) is 12.6. The van der Waals surface area contributed by atoms with Crippen molar-refractivity contribution in [1.29, 1.82) is 5.26 Å². The molecule has 11 heteroatoms. The predicted octanol–water partition coefficient (Wildman–Crippen LogP) is 7.14. The monoisotopic (exact) mass is 621 g/mol. The molecule has 0 spiro atoms. The third-order valence-corrected chi connectivity index (χ3v) is 8.61. The minimum absolute atomic E-state index is 0.158. The van der Waals surface area contributed by atoms with Crippen LogP contribution >= 0.6 is 11.6 Å². The minimum Gasteiger partial charge on any atom is -0.480 e. The van der Waals surface area contributed by atoms with Crippen molar-refractivity contribution >= 4 is 39.6 Å². The number of benzene rings is 2. The highest BCUT2D eigenvalue weighted by Gasteiger charge is 2.29. The first-order valence-electron chi connectivity index (χ1n) is 15.0. The molecule has 45 heavy (non-hydrogen) atoms. The van der Waals surface area contributed by atoms with Crippen LogP contribution in [0.1, 0.15) is 62.5 Å². The number of nitriles is 1. The molecule has 0 radical (unpaired) electrons. The zero-order valence-electron chi connectivity index (χ0n) is 25.8. The van der Waals surface area contributed by atoms with Gasteiger partial charge in [-0.2, -0.15) is 5.26 Å². The molecular formula is C34H36ClN9O. The number of aromatic nitrogens is 5. The van der Waals surface area contributed by atoms with Gasteiger partial charge in [-0.15, -0.1) is 5.10 Å². The van der Waals surface area contributed by atoms with Gasteiger partial charge in [0.1, 0.15) is 17.5 Å². The number of nitrogens with one attached hydrogen (secondary N) is 2. The van der Waals surface area contributed by atoms with E-state index in [2.05, 4.69) is 81.0 Å². The lowest BCUT2D eigenvalue weighted by atomic mass is 9.98. The quantitative estimate of drug-likeness (QED) is 0.186. The molecule has 0 aliphatic carbocycles. The van der Waals surface area contributed by atoms with E-state index in [1.165, 1.54) is 6.20 Å². The molecular weight excluding hydrogens is 586 g/mol. The molecule has 1 fully saturated rings. The molecule has 2 N–H and O–H groups in total. The maximum absolute atomic E-state index is 9.98. The molecule has 0 saturated carbocycles. The second-order valence-electron chi connectivity index (χ2n) is 12.2. The number of hydrogen-bond acceptors (Lipinski definition) is 9. The summed E-state index contributed by atoms with van der Waals surface area (Å²) in [6.45, 7) is 8.85. The Morgan fingerprint density at radius 1 is 1.07 bits per heavy atom. The van der Waals surface area contributed by atoms with E-state index in [9.17, 15) is 5.26 Å². The zero-order valence-corrected chi connectivity index (χ0v) is 26.6. The van der Waals surface area contributed by atoms with Crippen molar-refractivity contribution < 1.29 is 4.74 Å². The van der Waals surface area contributed by atoms with Crippen LogP contribution in [0.3, 0.4) is 0 Å². The Bertz CT molecular complexity index is 1840. The first kappa shape index (κ1) is 30.3. The molecule has 1 aliphatic heterocycles. The van der Waals surface area contributed by atoms with E-state index >= 15 is 0 Å². The van der Waals surface area contributed by atoms with Gasteiger partial charge in [0.25, 0.3) is 0 Å². The molecule has 1 unspecified atom stereocenters. The van der Waals surface area contributed by atoms with Gasteiger partial charge in [0.15, 0.2) is 0 Å². The Morgan fingerprint density at radius 2 is 1.84 bits per heavy atom. The molecule has 1 aliphatic rings. The van der Waals surface area contributed by atoms with Gasteiger partial charge in [-0.3, -0.25) is 9.88 Å². The lowest BCUT2D eigenvalue weighted by Gasteiger charge is -2.40. The van der Waals surface area contributed by atoms with Crippen molar-refractivity contribution in [3.05, 3.63) is 95.0 Å². The maximum atomic E-state index is 9.98. The van der Waals surface area contributed by atoms with Crippen LogP contribution in [0, 0.1) is 11.3 Å². The molecule has 5 aromatic rings. The topological polar surface area (TPSA) is 117 Å². The Balaban J connectivity index is 1.35. The van der Waals surface area contributed by atoms with Crippen LogP contribution in [0.4, 0.5) is 17.1 Å². The standard InChI is InChI=1S/C34H36ClN9O/c1-34(2,3)43-15-12-25(13-16-43)44-21-29(41-42-44)31(22-9-6-5-7-10-22)39-24-17-26-30(40-28-11-8-14-37-33(28)45-4)23(19-36)20-38-32(26)27(35)18-24/h5-11,14,17-18,20-21,25,31,39H,12-13,15-16H2,1-4H3,(H,38,40). The highest BCUT2D eigenvalue weighted by Crippen LogP contribution is 2.38. The molecule has 3 aromatic heterocycles. The summed E-state index contributed by atoms with van der Waals surface area (Å²) in [6, 6.07) is 19.8. The molecule has 6 rings (SSSR count). The highest BCUT2D eigenvalue weighted by atomic mass is 35.5. The Hall–Kier alpha value is -4.72. The first-order chi connectivity index (χ1) is 21.7. The van der Waals surface area contributed by atoms with Crippen LogP contribution in [-0.4, -0.2) is 55.6 Å². The molecule has 1 atom stereocenters. The fourth-order valence-electron chi connectivity index (χ4n) is 5.89. The van der Waals surface area contributed by atoms with E-state index < -0.39 is 0 Å². The maximum Gasteiger partial charge on any atom is 0.237 e. The molecule has 4 heterocycles. The molecule has 2 aromatic carbocycles. The van der Waals surface area contributed by atoms with E-state index in [1.54, 1.807) is 19.4 Å². The summed E-state index contributed by atoms with van der Waals surface area (Å²) in [5, 5.41) is 27.3. The summed E-state index contributed by atoms with van der Waals surface area (Å²) >= 11 is 6.83. The van der Waals surface area contributed by atoms with Crippen LogP contribution in [-0.2, 0) is 0 Å². The summed E-state index contributed by atoms with van der Waals surface area (Å²) < 4.78 is 7.46.